The van der Waals surface area contributed by atoms with Gasteiger partial charge >= 0.3 is 0 Å². The summed E-state index contributed by atoms with van der Waals surface area (Å²) >= 11 is 0. The summed E-state index contributed by atoms with van der Waals surface area (Å²) in [5.74, 6) is 0. The van der Waals surface area contributed by atoms with Crippen molar-refractivity contribution < 1.29 is 0 Å². The van der Waals surface area contributed by atoms with Crippen LogP contribution in [-0.2, 0) is 0 Å². The van der Waals surface area contributed by atoms with Gasteiger partial charge in [0, 0.05) is 0 Å². The van der Waals surface area contributed by atoms with E-state index in [9.17, 15) is 0 Å². The van der Waals surface area contributed by atoms with Crippen molar-refractivity contribution in [2.45, 2.75) is 117 Å². The van der Waals surface area contributed by atoms with Gasteiger partial charge < -0.3 is 0 Å². The van der Waals surface area contributed by atoms with E-state index in [1.807, 2.05) is 0 Å². The molecule has 0 unspecified atom stereocenters. The van der Waals surface area contributed by atoms with Gasteiger partial charge in [0.15, 0.2) is 0 Å². The summed E-state index contributed by atoms with van der Waals surface area (Å²) in [7, 11) is 0. The second-order valence-electron chi connectivity index (χ2n) is 7.04. The van der Waals surface area contributed by atoms with E-state index in [-0.39, 0.29) is 0 Å². The monoisotopic (exact) mass is 266 g/mol. The zero-order valence-electron chi connectivity index (χ0n) is 13.8. The fraction of sp³-hybridized carbons (Fsp3) is 1.00. The summed E-state index contributed by atoms with van der Waals surface area (Å²) in [5, 5.41) is 0. The highest BCUT2D eigenvalue weighted by atomic mass is 14.5. The summed E-state index contributed by atoms with van der Waals surface area (Å²) < 4.78 is 0. The Morgan fingerprint density at radius 1 is 0.526 bits per heavy atom. The predicted molar refractivity (Wildman–Crippen MR) is 87.7 cm³/mol. The zero-order chi connectivity index (χ0) is 13.8. The lowest BCUT2D eigenvalue weighted by atomic mass is 9.91. The molecule has 0 N–H and O–H groups in total. The molecule has 0 aromatic rings. The van der Waals surface area contributed by atoms with Gasteiger partial charge in [-0.15, -0.1) is 0 Å². The lowest BCUT2D eigenvalue weighted by Gasteiger charge is -2.14. The molecule has 0 bridgehead atoms. The highest BCUT2D eigenvalue weighted by Crippen LogP contribution is 2.53. The number of hydrogen-bond donors (Lipinski definition) is 0. The van der Waals surface area contributed by atoms with Crippen LogP contribution in [0.25, 0.3) is 0 Å². The van der Waals surface area contributed by atoms with Gasteiger partial charge in [0.2, 0.25) is 0 Å². The molecule has 0 nitrogen and oxygen atoms in total. The van der Waals surface area contributed by atoms with Gasteiger partial charge in [0.1, 0.15) is 0 Å². The quantitative estimate of drug-likeness (QED) is 0.290. The zero-order valence-corrected chi connectivity index (χ0v) is 13.8. The van der Waals surface area contributed by atoms with Crippen molar-refractivity contribution in [3.63, 3.8) is 0 Å². The average Bonchev–Trinajstić information content (AvgIpc) is 3.18. The molecule has 1 aliphatic rings. The van der Waals surface area contributed by atoms with Crippen LogP contribution in [0.2, 0.25) is 0 Å². The molecule has 0 heteroatoms. The van der Waals surface area contributed by atoms with E-state index < -0.39 is 0 Å². The molecule has 1 saturated carbocycles. The first-order chi connectivity index (χ1) is 9.33. The molecule has 0 aromatic carbocycles. The van der Waals surface area contributed by atoms with Crippen LogP contribution in [0.5, 0.6) is 0 Å². The summed E-state index contributed by atoms with van der Waals surface area (Å²) in [4.78, 5) is 0. The molecule has 0 heterocycles. The lowest BCUT2D eigenvalue weighted by Crippen LogP contribution is -2.00. The minimum absolute atomic E-state index is 0.843. The molecule has 114 valence electrons. The Morgan fingerprint density at radius 2 is 0.895 bits per heavy atom. The maximum Gasteiger partial charge on any atom is -0.0297 e. The maximum atomic E-state index is 2.31. The van der Waals surface area contributed by atoms with E-state index in [2.05, 4.69) is 13.8 Å². The van der Waals surface area contributed by atoms with Gasteiger partial charge in [0.25, 0.3) is 0 Å². The van der Waals surface area contributed by atoms with Crippen LogP contribution in [0, 0.1) is 5.41 Å². The smallest absolute Gasteiger partial charge is 0.0297 e. The van der Waals surface area contributed by atoms with Crippen molar-refractivity contribution in [2.75, 3.05) is 0 Å². The Hall–Kier alpha value is 0. The van der Waals surface area contributed by atoms with E-state index in [0.717, 1.165) is 5.41 Å². The summed E-state index contributed by atoms with van der Waals surface area (Å²) in [6.45, 7) is 4.61. The van der Waals surface area contributed by atoms with Crippen LogP contribution in [0.3, 0.4) is 0 Å². The first kappa shape index (κ1) is 17.1. The largest absolute Gasteiger partial charge is 0.0654 e. The van der Waals surface area contributed by atoms with Crippen molar-refractivity contribution in [2.24, 2.45) is 5.41 Å². The van der Waals surface area contributed by atoms with Crippen LogP contribution in [-0.4, -0.2) is 0 Å². The fourth-order valence-corrected chi connectivity index (χ4v) is 3.36. The molecule has 0 saturated heterocycles. The molecule has 0 aromatic heterocycles. The Labute approximate surface area is 122 Å². The Bertz CT molecular complexity index is 172. The van der Waals surface area contributed by atoms with E-state index in [0.29, 0.717) is 0 Å². The SMILES string of the molecule is CCCCCCCCC1(CCCCCCCC)CC1. The van der Waals surface area contributed by atoms with Crippen LogP contribution in [0.4, 0.5) is 0 Å². The topological polar surface area (TPSA) is 0 Å². The van der Waals surface area contributed by atoms with Crippen molar-refractivity contribution >= 4 is 0 Å². The van der Waals surface area contributed by atoms with E-state index >= 15 is 0 Å². The van der Waals surface area contributed by atoms with Gasteiger partial charge in [0.05, 0.1) is 0 Å². The van der Waals surface area contributed by atoms with E-state index in [1.54, 1.807) is 25.7 Å². The number of unbranched alkanes of at least 4 members (excludes halogenated alkanes) is 10. The van der Waals surface area contributed by atoms with Gasteiger partial charge in [-0.25, -0.2) is 0 Å². The molecular weight excluding hydrogens is 228 g/mol. The van der Waals surface area contributed by atoms with Crippen molar-refractivity contribution in [1.29, 1.82) is 0 Å². The lowest BCUT2D eigenvalue weighted by molar-refractivity contribution is 0.383. The predicted octanol–water partition coefficient (Wildman–Crippen LogP) is 7.27. The highest BCUT2D eigenvalue weighted by molar-refractivity contribution is 4.92. The first-order valence-electron chi connectivity index (χ1n) is 9.33. The molecule has 1 rings (SSSR count). The first-order valence-corrected chi connectivity index (χ1v) is 9.33. The van der Waals surface area contributed by atoms with Gasteiger partial charge in [-0.05, 0) is 31.1 Å². The van der Waals surface area contributed by atoms with Crippen LogP contribution >= 0.6 is 0 Å². The van der Waals surface area contributed by atoms with Crippen LogP contribution < -0.4 is 0 Å². The number of hydrogen-bond acceptors (Lipinski definition) is 0. The van der Waals surface area contributed by atoms with Crippen molar-refractivity contribution in [1.82, 2.24) is 0 Å². The Kier molecular flexibility index (Phi) is 9.65. The molecular formula is C19H38. The van der Waals surface area contributed by atoms with Crippen molar-refractivity contribution in [3.8, 4) is 0 Å². The third kappa shape index (κ3) is 8.71. The fourth-order valence-electron chi connectivity index (χ4n) is 3.36. The summed E-state index contributed by atoms with van der Waals surface area (Å²) in [5.41, 5.74) is 0.843. The molecule has 0 atom stereocenters. The second-order valence-corrected chi connectivity index (χ2v) is 7.04. The summed E-state index contributed by atoms with van der Waals surface area (Å²) in [6.07, 6.45) is 23.8. The van der Waals surface area contributed by atoms with Gasteiger partial charge in [-0.1, -0.05) is 90.9 Å². The highest BCUT2D eigenvalue weighted by Gasteiger charge is 2.40. The Balaban J connectivity index is 1.88. The van der Waals surface area contributed by atoms with Crippen LogP contribution in [0.15, 0.2) is 0 Å². The molecule has 19 heavy (non-hydrogen) atoms. The van der Waals surface area contributed by atoms with E-state index in [1.165, 1.54) is 77.0 Å². The molecule has 0 spiro atoms. The molecule has 0 amide bonds. The van der Waals surface area contributed by atoms with Gasteiger partial charge in [-0.3, -0.25) is 0 Å². The van der Waals surface area contributed by atoms with Gasteiger partial charge in [-0.2, -0.15) is 0 Å². The number of rotatable bonds is 14. The average molecular weight is 267 g/mol. The summed E-state index contributed by atoms with van der Waals surface area (Å²) in [6, 6.07) is 0. The third-order valence-electron chi connectivity index (χ3n) is 5.08. The van der Waals surface area contributed by atoms with Crippen molar-refractivity contribution in [3.05, 3.63) is 0 Å². The van der Waals surface area contributed by atoms with E-state index in [4.69, 9.17) is 0 Å². The standard InChI is InChI=1S/C19H38/c1-3-5-7-9-11-13-15-19(17-18-19)16-14-12-10-8-6-4-2/h3-18H2,1-2H3. The molecule has 1 aliphatic carbocycles. The molecule has 1 fully saturated rings. The molecule has 0 radical (unpaired) electrons. The molecule has 0 aliphatic heterocycles. The minimum atomic E-state index is 0.843. The Morgan fingerprint density at radius 3 is 1.26 bits per heavy atom. The second kappa shape index (κ2) is 10.7. The normalized spacial score (nSPS) is 16.7. The maximum absolute atomic E-state index is 2.31. The minimum Gasteiger partial charge on any atom is -0.0654 e. The van der Waals surface area contributed by atoms with Crippen LogP contribution in [0.1, 0.15) is 117 Å². The third-order valence-corrected chi connectivity index (χ3v) is 5.08.